The summed E-state index contributed by atoms with van der Waals surface area (Å²) in [4.78, 5) is 0. The Balaban J connectivity index is 1.82. The third-order valence-corrected chi connectivity index (χ3v) is 7.02. The third kappa shape index (κ3) is 3.73. The number of benzene rings is 2. The Labute approximate surface area is 175 Å². The number of rotatable bonds is 4. The van der Waals surface area contributed by atoms with Crippen molar-refractivity contribution in [1.29, 1.82) is 0 Å². The molecule has 3 nitrogen and oxygen atoms in total. The molecular weight excluding hydrogens is 449 g/mol. The van der Waals surface area contributed by atoms with Crippen LogP contribution in [0.3, 0.4) is 0 Å². The number of methoxy groups -OCH3 is 2. The summed E-state index contributed by atoms with van der Waals surface area (Å²) in [7, 11) is 3.45. The average molecular weight is 476 g/mol. The molecule has 2 aliphatic rings. The van der Waals surface area contributed by atoms with Crippen LogP contribution < -0.4 is 9.47 Å². The quantitative estimate of drug-likeness (QED) is 0.466. The zero-order valence-electron chi connectivity index (χ0n) is 16.1. The lowest BCUT2D eigenvalue weighted by molar-refractivity contribution is -0.509. The Morgan fingerprint density at radius 3 is 2.41 bits per heavy atom. The van der Waals surface area contributed by atoms with Gasteiger partial charge in [-0.25, -0.2) is 4.58 Å². The maximum Gasteiger partial charge on any atom is 0.161 e. The van der Waals surface area contributed by atoms with Gasteiger partial charge in [-0.05, 0) is 70.3 Å². The van der Waals surface area contributed by atoms with E-state index in [9.17, 15) is 0 Å². The molecule has 27 heavy (non-hydrogen) atoms. The predicted octanol–water partition coefficient (Wildman–Crippen LogP) is 4.83. The number of nitrogens with zero attached hydrogens (tertiary/aromatic N) is 1. The molecule has 0 spiro atoms. The van der Waals surface area contributed by atoms with Gasteiger partial charge in [0.25, 0.3) is 0 Å². The van der Waals surface area contributed by atoms with Crippen molar-refractivity contribution in [2.75, 3.05) is 27.3 Å². The number of fused-ring (bicyclic) bond motifs is 1. The van der Waals surface area contributed by atoms with Crippen molar-refractivity contribution in [3.05, 3.63) is 56.7 Å². The van der Waals surface area contributed by atoms with Gasteiger partial charge in [0.15, 0.2) is 17.2 Å². The summed E-state index contributed by atoms with van der Waals surface area (Å²) < 4.78 is 15.2. The van der Waals surface area contributed by atoms with Gasteiger partial charge in [-0.15, -0.1) is 0 Å². The molecular formula is C23H27INO2+. The van der Waals surface area contributed by atoms with Crippen LogP contribution in [0.1, 0.15) is 41.9 Å². The van der Waals surface area contributed by atoms with Gasteiger partial charge in [0.05, 0.1) is 20.1 Å². The lowest BCUT2D eigenvalue weighted by Gasteiger charge is -2.27. The molecule has 1 unspecified atom stereocenters. The third-order valence-electron chi connectivity index (χ3n) is 5.97. The molecule has 1 aliphatic carbocycles. The summed E-state index contributed by atoms with van der Waals surface area (Å²) in [5.41, 5.74) is 5.88. The molecule has 0 radical (unpaired) electrons. The highest BCUT2D eigenvalue weighted by atomic mass is 127. The van der Waals surface area contributed by atoms with Crippen LogP contribution in [0.2, 0.25) is 0 Å². The molecule has 4 rings (SSSR count). The van der Waals surface area contributed by atoms with E-state index in [4.69, 9.17) is 9.47 Å². The van der Waals surface area contributed by atoms with Gasteiger partial charge in [0.1, 0.15) is 13.1 Å². The summed E-state index contributed by atoms with van der Waals surface area (Å²) in [5.74, 6) is 2.10. The largest absolute Gasteiger partial charge is 0.493 e. The highest BCUT2D eigenvalue weighted by molar-refractivity contribution is 14.1. The van der Waals surface area contributed by atoms with Gasteiger partial charge in [0.2, 0.25) is 0 Å². The second kappa shape index (κ2) is 8.21. The molecule has 1 atom stereocenters. The van der Waals surface area contributed by atoms with Crippen molar-refractivity contribution in [3.63, 3.8) is 0 Å². The van der Waals surface area contributed by atoms with Crippen molar-refractivity contribution < 1.29 is 14.0 Å². The Hall–Kier alpha value is -1.56. The van der Waals surface area contributed by atoms with Crippen LogP contribution in [0.5, 0.6) is 11.5 Å². The molecule has 0 amide bonds. The Morgan fingerprint density at radius 2 is 1.70 bits per heavy atom. The fourth-order valence-corrected chi connectivity index (χ4v) is 5.20. The summed E-state index contributed by atoms with van der Waals surface area (Å²) in [6.45, 7) is 2.42. The second-order valence-corrected chi connectivity index (χ2v) is 8.60. The summed E-state index contributed by atoms with van der Waals surface area (Å²) >= 11 is 2.47. The SMILES string of the molecule is COc1cc2c(cc1OC)C(Cc1ccccc1I)C(=[N+]1CCCC1)CC2. The van der Waals surface area contributed by atoms with Gasteiger partial charge in [-0.2, -0.15) is 0 Å². The zero-order chi connectivity index (χ0) is 18.8. The molecule has 1 aliphatic heterocycles. The molecule has 0 saturated carbocycles. The number of hydrogen-bond donors (Lipinski definition) is 0. The standard InChI is InChI=1S/C23H27INO2/c1-26-22-14-16-9-10-21(25-11-5-6-12-25)19(18(16)15-23(22)27-2)13-17-7-3-4-8-20(17)24/h3-4,7-8,14-15,19H,5-6,9-13H2,1-2H3/q+1. The van der Waals surface area contributed by atoms with Crippen LogP contribution in [-0.4, -0.2) is 37.6 Å². The molecule has 1 heterocycles. The van der Waals surface area contributed by atoms with E-state index >= 15 is 0 Å². The lowest BCUT2D eigenvalue weighted by Crippen LogP contribution is -2.31. The van der Waals surface area contributed by atoms with Crippen molar-refractivity contribution in [2.45, 2.75) is 38.0 Å². The fraction of sp³-hybridized carbons (Fsp3) is 0.435. The second-order valence-electron chi connectivity index (χ2n) is 7.44. The first-order chi connectivity index (χ1) is 13.2. The van der Waals surface area contributed by atoms with Gasteiger partial charge in [-0.3, -0.25) is 0 Å². The predicted molar refractivity (Wildman–Crippen MR) is 118 cm³/mol. The molecule has 1 saturated heterocycles. The topological polar surface area (TPSA) is 21.5 Å². The van der Waals surface area contributed by atoms with Crippen molar-refractivity contribution in [3.8, 4) is 11.5 Å². The van der Waals surface area contributed by atoms with Crippen LogP contribution in [0.4, 0.5) is 0 Å². The van der Waals surface area contributed by atoms with Crippen LogP contribution in [0.15, 0.2) is 36.4 Å². The summed E-state index contributed by atoms with van der Waals surface area (Å²) in [5, 5.41) is 0. The Bertz CT molecular complexity index is 867. The first-order valence-electron chi connectivity index (χ1n) is 9.80. The molecule has 4 heteroatoms. The molecule has 2 aromatic rings. The van der Waals surface area contributed by atoms with E-state index in [0.29, 0.717) is 5.92 Å². The lowest BCUT2D eigenvalue weighted by atomic mass is 9.77. The number of ether oxygens (including phenoxy) is 2. The molecule has 0 N–H and O–H groups in total. The van der Waals surface area contributed by atoms with Crippen molar-refractivity contribution in [2.24, 2.45) is 0 Å². The van der Waals surface area contributed by atoms with Crippen LogP contribution >= 0.6 is 22.6 Å². The number of aryl methyl sites for hydroxylation is 1. The van der Waals surface area contributed by atoms with E-state index in [2.05, 4.69) is 63.6 Å². The minimum absolute atomic E-state index is 0.419. The van der Waals surface area contributed by atoms with Crippen LogP contribution in [0.25, 0.3) is 0 Å². The van der Waals surface area contributed by atoms with E-state index in [1.165, 1.54) is 46.2 Å². The van der Waals surface area contributed by atoms with E-state index in [1.807, 2.05) is 0 Å². The Morgan fingerprint density at radius 1 is 1.00 bits per heavy atom. The monoisotopic (exact) mass is 476 g/mol. The Kier molecular flexibility index (Phi) is 5.71. The van der Waals surface area contributed by atoms with E-state index in [0.717, 1.165) is 30.8 Å². The van der Waals surface area contributed by atoms with Crippen molar-refractivity contribution in [1.82, 2.24) is 0 Å². The molecule has 1 fully saturated rings. The average Bonchev–Trinajstić information content (AvgIpc) is 3.23. The van der Waals surface area contributed by atoms with Crippen LogP contribution in [0, 0.1) is 3.57 Å². The van der Waals surface area contributed by atoms with Gasteiger partial charge in [0, 0.05) is 22.8 Å². The minimum Gasteiger partial charge on any atom is -0.493 e. The first kappa shape index (κ1) is 18.8. The smallest absolute Gasteiger partial charge is 0.161 e. The normalized spacial score (nSPS) is 19.1. The van der Waals surface area contributed by atoms with Gasteiger partial charge < -0.3 is 9.47 Å². The summed E-state index contributed by atoms with van der Waals surface area (Å²) in [6, 6.07) is 13.2. The number of halogens is 1. The highest BCUT2D eigenvalue weighted by Crippen LogP contribution is 2.40. The number of hydrogen-bond acceptors (Lipinski definition) is 2. The van der Waals surface area contributed by atoms with E-state index < -0.39 is 0 Å². The van der Waals surface area contributed by atoms with Gasteiger partial charge in [-0.1, -0.05) is 18.2 Å². The maximum absolute atomic E-state index is 5.64. The fourth-order valence-electron chi connectivity index (χ4n) is 4.59. The highest BCUT2D eigenvalue weighted by Gasteiger charge is 2.35. The van der Waals surface area contributed by atoms with E-state index in [-0.39, 0.29) is 0 Å². The molecule has 0 bridgehead atoms. The van der Waals surface area contributed by atoms with E-state index in [1.54, 1.807) is 19.9 Å². The zero-order valence-corrected chi connectivity index (χ0v) is 18.3. The summed E-state index contributed by atoms with van der Waals surface area (Å²) in [6.07, 6.45) is 5.92. The molecule has 0 aromatic heterocycles. The maximum atomic E-state index is 5.64. The first-order valence-corrected chi connectivity index (χ1v) is 10.9. The minimum atomic E-state index is 0.419. The molecule has 2 aromatic carbocycles. The van der Waals surface area contributed by atoms with Crippen LogP contribution in [-0.2, 0) is 12.8 Å². The van der Waals surface area contributed by atoms with Gasteiger partial charge >= 0.3 is 0 Å². The molecule has 142 valence electrons. The van der Waals surface area contributed by atoms with Crippen molar-refractivity contribution >= 4 is 28.3 Å².